The first-order chi connectivity index (χ1) is 22.2. The first-order valence-electron chi connectivity index (χ1n) is 18.2. The van der Waals surface area contributed by atoms with Gasteiger partial charge in [0, 0.05) is 35.3 Å². The molecular weight excluding hydrogens is 595 g/mol. The summed E-state index contributed by atoms with van der Waals surface area (Å²) in [5, 5.41) is 3.59. The molecule has 0 saturated heterocycles. The number of ether oxygens (including phenoxy) is 1. The van der Waals surface area contributed by atoms with Crippen LogP contribution in [0.3, 0.4) is 0 Å². The second-order valence-electron chi connectivity index (χ2n) is 16.7. The number of carbonyl (C=O) groups excluding carboxylic acids is 1. The van der Waals surface area contributed by atoms with E-state index in [1.807, 2.05) is 36.4 Å². The number of amides is 1. The molecule has 1 fully saturated rings. The number of carbonyl (C=O) groups is 1. The standard InChI is InChI=1S/C42H59NO3Si/c1-41(2,3)36-26-25-31(19-11-12-20-32(27-30-17-9-10-18-30)46-47(7,8)42(4,5)6)28-37(36)43-40(44)29-35-33-21-13-15-23-38(33)45-39-24-16-14-22-34(35)39/h13-16,21-26,28,30,32,35H,9-12,17-20,27,29H2,1-8H3,(H,43,44). The van der Waals surface area contributed by atoms with Crippen molar-refractivity contribution in [2.75, 3.05) is 5.32 Å². The summed E-state index contributed by atoms with van der Waals surface area (Å²) in [5.74, 6) is 2.48. The fourth-order valence-electron chi connectivity index (χ4n) is 7.26. The number of para-hydroxylation sites is 2. The Labute approximate surface area is 286 Å². The topological polar surface area (TPSA) is 47.6 Å². The predicted molar refractivity (Wildman–Crippen MR) is 199 cm³/mol. The van der Waals surface area contributed by atoms with Gasteiger partial charge in [0.2, 0.25) is 5.91 Å². The van der Waals surface area contributed by atoms with Crippen LogP contribution < -0.4 is 10.1 Å². The van der Waals surface area contributed by atoms with Gasteiger partial charge in [-0.15, -0.1) is 0 Å². The van der Waals surface area contributed by atoms with E-state index in [0.29, 0.717) is 12.5 Å². The molecule has 47 heavy (non-hydrogen) atoms. The molecular formula is C42H59NO3Si. The Hall–Kier alpha value is -2.89. The van der Waals surface area contributed by atoms with Crippen molar-refractivity contribution >= 4 is 19.9 Å². The number of rotatable bonds is 12. The predicted octanol–water partition coefficient (Wildman–Crippen LogP) is 11.9. The van der Waals surface area contributed by atoms with Crippen LogP contribution in [0.25, 0.3) is 0 Å². The molecule has 0 radical (unpaired) electrons. The molecule has 1 heterocycles. The summed E-state index contributed by atoms with van der Waals surface area (Å²) < 4.78 is 13.2. The molecule has 4 nitrogen and oxygen atoms in total. The normalized spacial score (nSPS) is 16.3. The van der Waals surface area contributed by atoms with Crippen LogP contribution >= 0.6 is 0 Å². The van der Waals surface area contributed by atoms with E-state index in [0.717, 1.165) is 59.9 Å². The minimum absolute atomic E-state index is 0.0293. The van der Waals surface area contributed by atoms with Gasteiger partial charge in [-0.2, -0.15) is 0 Å². The van der Waals surface area contributed by atoms with Gasteiger partial charge in [-0.05, 0) is 84.5 Å². The Morgan fingerprint density at radius 3 is 2.11 bits per heavy atom. The van der Waals surface area contributed by atoms with E-state index >= 15 is 0 Å². The maximum atomic E-state index is 13.8. The van der Waals surface area contributed by atoms with Gasteiger partial charge in [0.25, 0.3) is 0 Å². The molecule has 1 saturated carbocycles. The van der Waals surface area contributed by atoms with Crippen LogP contribution in [0, 0.1) is 5.92 Å². The van der Waals surface area contributed by atoms with Crippen molar-refractivity contribution in [3.8, 4) is 11.5 Å². The summed E-state index contributed by atoms with van der Waals surface area (Å²) in [6, 6.07) is 22.9. The van der Waals surface area contributed by atoms with Gasteiger partial charge < -0.3 is 14.5 Å². The SMILES string of the molecule is CC(C)(C)c1ccc(CCCCC(CC2CCCC2)O[Si](C)(C)C(C)(C)C)cc1NC(=O)CC1c2ccccc2Oc2ccccc21. The van der Waals surface area contributed by atoms with Crippen LogP contribution in [0.1, 0.15) is 128 Å². The summed E-state index contributed by atoms with van der Waals surface area (Å²) in [6.07, 6.45) is 11.9. The highest BCUT2D eigenvalue weighted by molar-refractivity contribution is 6.74. The van der Waals surface area contributed by atoms with Crippen molar-refractivity contribution in [2.24, 2.45) is 5.92 Å². The molecule has 0 bridgehead atoms. The molecule has 3 aromatic rings. The summed E-state index contributed by atoms with van der Waals surface area (Å²) in [6.45, 7) is 18.5. The highest BCUT2D eigenvalue weighted by Gasteiger charge is 2.39. The molecule has 3 aromatic carbocycles. The van der Waals surface area contributed by atoms with Crippen molar-refractivity contribution in [2.45, 2.75) is 141 Å². The van der Waals surface area contributed by atoms with Gasteiger partial charge in [0.1, 0.15) is 11.5 Å². The molecule has 1 aliphatic carbocycles. The van der Waals surface area contributed by atoms with Crippen molar-refractivity contribution in [1.82, 2.24) is 0 Å². The smallest absolute Gasteiger partial charge is 0.225 e. The van der Waals surface area contributed by atoms with Gasteiger partial charge in [-0.25, -0.2) is 0 Å². The third-order valence-electron chi connectivity index (χ3n) is 10.9. The second kappa shape index (κ2) is 14.7. The van der Waals surface area contributed by atoms with Crippen molar-refractivity contribution in [1.29, 1.82) is 0 Å². The number of hydrogen-bond acceptors (Lipinski definition) is 3. The van der Waals surface area contributed by atoms with Crippen molar-refractivity contribution in [3.63, 3.8) is 0 Å². The third-order valence-corrected chi connectivity index (χ3v) is 15.5. The largest absolute Gasteiger partial charge is 0.457 e. The summed E-state index contributed by atoms with van der Waals surface area (Å²) >= 11 is 0. The number of anilines is 1. The van der Waals surface area contributed by atoms with Crippen LogP contribution in [0.4, 0.5) is 5.69 Å². The third kappa shape index (κ3) is 8.97. The Bertz CT molecular complexity index is 1460. The number of benzene rings is 3. The lowest BCUT2D eigenvalue weighted by Crippen LogP contribution is -2.44. The number of fused-ring (bicyclic) bond motifs is 2. The van der Waals surface area contributed by atoms with Crippen LogP contribution in [-0.4, -0.2) is 20.3 Å². The van der Waals surface area contributed by atoms with Gasteiger partial charge in [0.15, 0.2) is 8.32 Å². The maximum Gasteiger partial charge on any atom is 0.225 e. The fourth-order valence-corrected chi connectivity index (χ4v) is 8.66. The molecule has 5 heteroatoms. The molecule has 1 N–H and O–H groups in total. The molecule has 1 unspecified atom stereocenters. The van der Waals surface area contributed by atoms with E-state index in [1.165, 1.54) is 43.2 Å². The number of aryl methyl sites for hydroxylation is 1. The lowest BCUT2D eigenvalue weighted by molar-refractivity contribution is -0.116. The Balaban J connectivity index is 1.25. The molecule has 2 aliphatic rings. The number of unbranched alkanes of at least 4 members (excludes halogenated alkanes) is 1. The molecule has 1 atom stereocenters. The Morgan fingerprint density at radius 2 is 1.51 bits per heavy atom. The second-order valence-corrected chi connectivity index (χ2v) is 21.5. The average molecular weight is 654 g/mol. The van der Waals surface area contributed by atoms with Crippen molar-refractivity contribution in [3.05, 3.63) is 89.0 Å². The van der Waals surface area contributed by atoms with E-state index in [9.17, 15) is 4.79 Å². The Morgan fingerprint density at radius 1 is 0.894 bits per heavy atom. The van der Waals surface area contributed by atoms with E-state index in [2.05, 4.69) is 90.3 Å². The van der Waals surface area contributed by atoms with Gasteiger partial charge in [0.05, 0.1) is 0 Å². The zero-order valence-electron chi connectivity index (χ0n) is 30.4. The van der Waals surface area contributed by atoms with E-state index in [4.69, 9.17) is 9.16 Å². The fraction of sp³-hybridized carbons (Fsp3) is 0.548. The highest BCUT2D eigenvalue weighted by Crippen LogP contribution is 2.46. The highest BCUT2D eigenvalue weighted by atomic mass is 28.4. The molecule has 1 amide bonds. The quantitative estimate of drug-likeness (QED) is 0.156. The monoisotopic (exact) mass is 653 g/mol. The van der Waals surface area contributed by atoms with Crippen molar-refractivity contribution < 1.29 is 14.0 Å². The maximum absolute atomic E-state index is 13.8. The summed E-state index contributed by atoms with van der Waals surface area (Å²) in [7, 11) is -1.81. The summed E-state index contributed by atoms with van der Waals surface area (Å²) in [5.41, 5.74) is 5.43. The van der Waals surface area contributed by atoms with Gasteiger partial charge >= 0.3 is 0 Å². The average Bonchev–Trinajstić information content (AvgIpc) is 3.51. The first kappa shape index (κ1) is 35.4. The molecule has 5 rings (SSSR count). The number of hydrogen-bond donors (Lipinski definition) is 1. The van der Waals surface area contributed by atoms with Crippen LogP contribution in [0.2, 0.25) is 18.1 Å². The summed E-state index contributed by atoms with van der Waals surface area (Å²) in [4.78, 5) is 13.8. The molecule has 254 valence electrons. The molecule has 1 aliphatic heterocycles. The Kier molecular flexibility index (Phi) is 11.1. The first-order valence-corrected chi connectivity index (χ1v) is 21.1. The lowest BCUT2D eigenvalue weighted by atomic mass is 9.84. The van der Waals surface area contributed by atoms with E-state index in [-0.39, 0.29) is 22.3 Å². The van der Waals surface area contributed by atoms with Gasteiger partial charge in [-0.3, -0.25) is 4.79 Å². The van der Waals surface area contributed by atoms with E-state index in [1.54, 1.807) is 0 Å². The van der Waals surface area contributed by atoms with Crippen LogP contribution in [-0.2, 0) is 21.1 Å². The zero-order valence-corrected chi connectivity index (χ0v) is 31.4. The van der Waals surface area contributed by atoms with Crippen LogP contribution in [0.15, 0.2) is 66.7 Å². The minimum atomic E-state index is -1.81. The van der Waals surface area contributed by atoms with Gasteiger partial charge in [-0.1, -0.05) is 122 Å². The molecule has 0 aromatic heterocycles. The minimum Gasteiger partial charge on any atom is -0.457 e. The zero-order chi connectivity index (χ0) is 33.8. The van der Waals surface area contributed by atoms with Crippen LogP contribution in [0.5, 0.6) is 11.5 Å². The lowest BCUT2D eigenvalue weighted by Gasteiger charge is -2.40. The molecule has 0 spiro atoms. The van der Waals surface area contributed by atoms with E-state index < -0.39 is 8.32 Å². The number of nitrogens with one attached hydrogen (secondary N) is 1.